The maximum absolute atomic E-state index is 5.86. The zero-order chi connectivity index (χ0) is 43.8. The van der Waals surface area contributed by atoms with Crippen LogP contribution in [0, 0.1) is 12.3 Å². The Labute approximate surface area is 374 Å². The third kappa shape index (κ3) is 12.9. The van der Waals surface area contributed by atoms with E-state index in [-0.39, 0.29) is 12.4 Å². The van der Waals surface area contributed by atoms with E-state index in [1.165, 1.54) is 6.33 Å². The lowest BCUT2D eigenvalue weighted by Crippen LogP contribution is -2.32. The van der Waals surface area contributed by atoms with E-state index < -0.39 is 0 Å². The average molecular weight is 876 g/mol. The van der Waals surface area contributed by atoms with Crippen LogP contribution in [0.3, 0.4) is 0 Å². The van der Waals surface area contributed by atoms with Crippen molar-refractivity contribution in [2.45, 2.75) is 19.9 Å². The summed E-state index contributed by atoms with van der Waals surface area (Å²) >= 11 is 0. The zero-order valence-electron chi connectivity index (χ0n) is 36.6. The van der Waals surface area contributed by atoms with E-state index in [0.29, 0.717) is 49.8 Å². The molecule has 330 valence electrons. The molecule has 0 aliphatic carbocycles. The molecule has 7 aromatic rings. The lowest BCUT2D eigenvalue weighted by atomic mass is 10.2. The number of terminal acetylenes is 1. The van der Waals surface area contributed by atoms with Gasteiger partial charge in [0.15, 0.2) is 11.5 Å². The Morgan fingerprint density at radius 3 is 2.14 bits per heavy atom. The summed E-state index contributed by atoms with van der Waals surface area (Å²) in [6, 6.07) is 23.7. The highest BCUT2D eigenvalue weighted by Crippen LogP contribution is 2.36. The molecule has 7 rings (SSSR count). The Balaban J connectivity index is 0.000000236. The first kappa shape index (κ1) is 47.4. The lowest BCUT2D eigenvalue weighted by Gasteiger charge is -2.27. The van der Waals surface area contributed by atoms with Crippen LogP contribution in [0.4, 0.5) is 22.9 Å². The number of fused-ring (bicyclic) bond motifs is 2. The minimum atomic E-state index is 0. The summed E-state index contributed by atoms with van der Waals surface area (Å²) in [7, 11) is 8.46. The largest absolute Gasteiger partial charge is 0.497 e. The number of nitrogens with zero attached hydrogens (tertiary/aromatic N) is 7. The first-order valence-corrected chi connectivity index (χ1v) is 20.1. The molecule has 0 aliphatic rings. The van der Waals surface area contributed by atoms with Crippen molar-refractivity contribution in [1.82, 2.24) is 35.0 Å². The molecule has 0 fully saturated rings. The summed E-state index contributed by atoms with van der Waals surface area (Å²) in [5.74, 6) is 5.93. The van der Waals surface area contributed by atoms with Crippen LogP contribution in [0.25, 0.3) is 33.2 Å². The highest BCUT2D eigenvalue weighted by Gasteiger charge is 2.16. The van der Waals surface area contributed by atoms with Crippen LogP contribution in [0.15, 0.2) is 97.7 Å². The predicted molar refractivity (Wildman–Crippen MR) is 251 cm³/mol. The molecular formula is C47H54ClN9O6. The maximum Gasteiger partial charge on any atom is 0.163 e. The number of nitrogens with one attached hydrogen (secondary N) is 2. The van der Waals surface area contributed by atoms with E-state index in [4.69, 9.17) is 39.8 Å². The summed E-state index contributed by atoms with van der Waals surface area (Å²) in [6.45, 7) is 7.59. The van der Waals surface area contributed by atoms with Crippen LogP contribution in [-0.2, 0) is 16.5 Å². The van der Waals surface area contributed by atoms with Crippen molar-refractivity contribution < 1.29 is 28.4 Å². The number of rotatable bonds is 19. The topological polar surface area (TPSA) is 152 Å². The number of anilines is 4. The van der Waals surface area contributed by atoms with Gasteiger partial charge in [0.2, 0.25) is 0 Å². The fourth-order valence-corrected chi connectivity index (χ4v) is 6.36. The Morgan fingerprint density at radius 2 is 1.49 bits per heavy atom. The summed E-state index contributed by atoms with van der Waals surface area (Å²) in [6.07, 6.45) is 12.5. The minimum Gasteiger partial charge on any atom is -0.497 e. The number of ether oxygens (including phenoxy) is 6. The number of benzene rings is 4. The van der Waals surface area contributed by atoms with Gasteiger partial charge in [-0.1, -0.05) is 25.8 Å². The minimum absolute atomic E-state index is 0. The van der Waals surface area contributed by atoms with Crippen molar-refractivity contribution in [2.24, 2.45) is 7.05 Å². The first-order chi connectivity index (χ1) is 30.2. The SMILES string of the molecule is C#Cc1cccc(Nc2ncnc3cc(OCCOC)c(OCCOC)cc23)c1.COc1cc(OC)cc(N(CCNC(C)C)c2ccc3ncc(-c4cnn(C)c4)nc3c2)c1.Cl. The second-order valence-electron chi connectivity index (χ2n) is 14.2. The predicted octanol–water partition coefficient (Wildman–Crippen LogP) is 8.01. The van der Waals surface area contributed by atoms with Gasteiger partial charge in [-0.2, -0.15) is 5.10 Å². The monoisotopic (exact) mass is 875 g/mol. The Hall–Kier alpha value is -6.70. The number of methoxy groups -OCH3 is 4. The molecule has 0 amide bonds. The average Bonchev–Trinajstić information content (AvgIpc) is 3.74. The van der Waals surface area contributed by atoms with Gasteiger partial charge in [0.1, 0.15) is 36.9 Å². The number of hydrogen-bond donors (Lipinski definition) is 2. The normalized spacial score (nSPS) is 10.7. The standard InChI is InChI=1S/C25H30N6O2.C22H23N3O4.ClH/c1-17(2)26-8-9-31(20-10-21(32-4)13-22(11-20)33-5)19-6-7-23-24(12-19)29-25(15-27-23)18-14-28-30(3)16-18;1-4-16-6-5-7-17(12-16)25-22-18-13-20(28-10-8-26-2)21(29-11-9-27-3)14-19(18)23-15-24-22;/h6-7,10-17,26H,8-9H2,1-5H3;1,5-7,12-15H,8-11H2,2-3H3,(H,23,24,25);1H. The lowest BCUT2D eigenvalue weighted by molar-refractivity contribution is 0.132. The van der Waals surface area contributed by atoms with Crippen molar-refractivity contribution in [3.05, 3.63) is 103 Å². The van der Waals surface area contributed by atoms with Crippen LogP contribution in [0.1, 0.15) is 19.4 Å². The summed E-state index contributed by atoms with van der Waals surface area (Å²) in [5.41, 5.74) is 7.74. The Morgan fingerprint density at radius 1 is 0.762 bits per heavy atom. The summed E-state index contributed by atoms with van der Waals surface area (Å²) in [4.78, 5) is 20.5. The van der Waals surface area contributed by atoms with Gasteiger partial charge < -0.3 is 44.0 Å². The van der Waals surface area contributed by atoms with Gasteiger partial charge in [-0.15, -0.1) is 18.8 Å². The molecule has 16 heteroatoms. The molecule has 0 bridgehead atoms. The van der Waals surface area contributed by atoms with E-state index in [2.05, 4.69) is 67.5 Å². The van der Waals surface area contributed by atoms with Gasteiger partial charge in [0.25, 0.3) is 0 Å². The highest BCUT2D eigenvalue weighted by atomic mass is 35.5. The molecular weight excluding hydrogens is 822 g/mol. The van der Waals surface area contributed by atoms with Crippen LogP contribution in [-0.4, -0.2) is 104 Å². The van der Waals surface area contributed by atoms with Gasteiger partial charge in [0.05, 0.1) is 62.1 Å². The molecule has 0 saturated heterocycles. The fraction of sp³-hybridized carbons (Fsp3) is 0.298. The molecule has 0 unspecified atom stereocenters. The number of halogens is 1. The second-order valence-corrected chi connectivity index (χ2v) is 14.2. The molecule has 2 N–H and O–H groups in total. The molecule has 0 aliphatic heterocycles. The molecule has 0 spiro atoms. The van der Waals surface area contributed by atoms with Crippen LogP contribution in [0.2, 0.25) is 0 Å². The third-order valence-electron chi connectivity index (χ3n) is 9.46. The van der Waals surface area contributed by atoms with Crippen molar-refractivity contribution >= 4 is 57.2 Å². The highest BCUT2D eigenvalue weighted by molar-refractivity contribution is 5.93. The van der Waals surface area contributed by atoms with Gasteiger partial charge in [-0.25, -0.2) is 15.0 Å². The van der Waals surface area contributed by atoms with Gasteiger partial charge >= 0.3 is 0 Å². The number of hydrogen-bond acceptors (Lipinski definition) is 14. The molecule has 0 saturated carbocycles. The van der Waals surface area contributed by atoms with E-state index in [0.717, 1.165) is 80.4 Å². The van der Waals surface area contributed by atoms with Crippen molar-refractivity contribution in [2.75, 3.05) is 78.2 Å². The van der Waals surface area contributed by atoms with Crippen LogP contribution in [0.5, 0.6) is 23.0 Å². The van der Waals surface area contributed by atoms with E-state index in [1.54, 1.807) is 45.5 Å². The van der Waals surface area contributed by atoms with Gasteiger partial charge in [-0.05, 0) is 42.5 Å². The van der Waals surface area contributed by atoms with E-state index in [1.807, 2.05) is 73.9 Å². The summed E-state index contributed by atoms with van der Waals surface area (Å²) in [5, 5.41) is 11.8. The second kappa shape index (κ2) is 23.5. The van der Waals surface area contributed by atoms with Gasteiger partial charge in [0, 0.05) is 104 Å². The maximum atomic E-state index is 5.86. The molecule has 15 nitrogen and oxygen atoms in total. The molecule has 3 heterocycles. The zero-order valence-corrected chi connectivity index (χ0v) is 37.4. The molecule has 0 atom stereocenters. The smallest absolute Gasteiger partial charge is 0.163 e. The van der Waals surface area contributed by atoms with Gasteiger partial charge in [-0.3, -0.25) is 9.67 Å². The third-order valence-corrected chi connectivity index (χ3v) is 9.46. The van der Waals surface area contributed by atoms with Crippen molar-refractivity contribution in [3.63, 3.8) is 0 Å². The molecule has 0 radical (unpaired) electrons. The first-order valence-electron chi connectivity index (χ1n) is 20.1. The molecule has 3 aromatic heterocycles. The molecule has 63 heavy (non-hydrogen) atoms. The van der Waals surface area contributed by atoms with Crippen LogP contribution >= 0.6 is 12.4 Å². The van der Waals surface area contributed by atoms with Crippen molar-refractivity contribution in [1.29, 1.82) is 0 Å². The van der Waals surface area contributed by atoms with Crippen LogP contribution < -0.4 is 34.5 Å². The number of aryl methyl sites for hydroxylation is 1. The summed E-state index contributed by atoms with van der Waals surface area (Å²) < 4.78 is 34.6. The fourth-order valence-electron chi connectivity index (χ4n) is 6.36. The van der Waals surface area contributed by atoms with E-state index in [9.17, 15) is 0 Å². The Kier molecular flexibility index (Phi) is 17.7. The quantitative estimate of drug-likeness (QED) is 0.0596. The Bertz CT molecular complexity index is 2580. The number of aromatic nitrogens is 6. The van der Waals surface area contributed by atoms with E-state index >= 15 is 0 Å². The molecule has 4 aromatic carbocycles. The van der Waals surface area contributed by atoms with Crippen molar-refractivity contribution in [3.8, 4) is 46.6 Å².